The first-order valence-electron chi connectivity index (χ1n) is 8.26. The summed E-state index contributed by atoms with van der Waals surface area (Å²) in [6.07, 6.45) is 2.56. The van der Waals surface area contributed by atoms with Crippen molar-refractivity contribution >= 4 is 46.3 Å². The molecular weight excluding hydrogens is 373 g/mol. The van der Waals surface area contributed by atoms with Crippen molar-refractivity contribution in [1.82, 2.24) is 9.97 Å². The van der Waals surface area contributed by atoms with Gasteiger partial charge in [-0.25, -0.2) is 4.98 Å². The fourth-order valence-corrected chi connectivity index (χ4v) is 3.44. The standard InChI is InChI=1S/C18H17Cl2N5O/c19-13-3-1-11(2-4-13)12-7-14(22-9-12)15-10-25(5-6-26-15)17-8-16(20)23-18(21)24-17/h1-4,8-9,15H,5-7,10H2,(H2,21,23,24). The van der Waals surface area contributed by atoms with Crippen molar-refractivity contribution in [3.63, 3.8) is 0 Å². The van der Waals surface area contributed by atoms with Gasteiger partial charge < -0.3 is 15.4 Å². The average Bonchev–Trinajstić information content (AvgIpc) is 3.12. The monoisotopic (exact) mass is 389 g/mol. The summed E-state index contributed by atoms with van der Waals surface area (Å²) in [5.41, 5.74) is 9.00. The van der Waals surface area contributed by atoms with Crippen LogP contribution in [0.1, 0.15) is 12.0 Å². The van der Waals surface area contributed by atoms with Crippen LogP contribution in [0.5, 0.6) is 0 Å². The second kappa shape index (κ2) is 7.23. The van der Waals surface area contributed by atoms with Crippen molar-refractivity contribution in [3.8, 4) is 0 Å². The highest BCUT2D eigenvalue weighted by molar-refractivity contribution is 6.30. The Labute approximate surface area is 161 Å². The fraction of sp³-hybridized carbons (Fsp3) is 0.278. The third-order valence-corrected chi connectivity index (χ3v) is 4.88. The maximum Gasteiger partial charge on any atom is 0.223 e. The van der Waals surface area contributed by atoms with Crippen LogP contribution in [0.25, 0.3) is 5.57 Å². The van der Waals surface area contributed by atoms with E-state index in [1.54, 1.807) is 6.07 Å². The predicted molar refractivity (Wildman–Crippen MR) is 105 cm³/mol. The Hall–Kier alpha value is -2.15. The summed E-state index contributed by atoms with van der Waals surface area (Å²) in [7, 11) is 0. The Bertz CT molecular complexity index is 861. The number of rotatable bonds is 3. The van der Waals surface area contributed by atoms with Crippen molar-refractivity contribution in [1.29, 1.82) is 0 Å². The van der Waals surface area contributed by atoms with E-state index in [0.29, 0.717) is 30.7 Å². The molecule has 2 N–H and O–H groups in total. The number of morpholine rings is 1. The molecule has 1 unspecified atom stereocenters. The lowest BCUT2D eigenvalue weighted by molar-refractivity contribution is 0.0829. The quantitative estimate of drug-likeness (QED) is 0.813. The van der Waals surface area contributed by atoms with Crippen LogP contribution in [0.4, 0.5) is 11.8 Å². The molecule has 1 saturated heterocycles. The molecule has 0 bridgehead atoms. The number of ether oxygens (including phenoxy) is 1. The van der Waals surface area contributed by atoms with Crippen LogP contribution >= 0.6 is 23.2 Å². The minimum Gasteiger partial charge on any atom is -0.369 e. The van der Waals surface area contributed by atoms with Crippen LogP contribution in [0.2, 0.25) is 10.2 Å². The molecule has 3 heterocycles. The molecule has 1 aromatic carbocycles. The van der Waals surface area contributed by atoms with Gasteiger partial charge in [0.2, 0.25) is 5.95 Å². The maximum atomic E-state index is 6.00. The minimum atomic E-state index is -0.0974. The molecule has 2 aliphatic rings. The second-order valence-corrected chi connectivity index (χ2v) is 6.99. The maximum absolute atomic E-state index is 6.00. The predicted octanol–water partition coefficient (Wildman–Crippen LogP) is 3.46. The molecule has 1 fully saturated rings. The van der Waals surface area contributed by atoms with Gasteiger partial charge >= 0.3 is 0 Å². The second-order valence-electron chi connectivity index (χ2n) is 6.17. The number of nitrogens with two attached hydrogens (primary N) is 1. The van der Waals surface area contributed by atoms with E-state index in [9.17, 15) is 0 Å². The third kappa shape index (κ3) is 3.67. The summed E-state index contributed by atoms with van der Waals surface area (Å²) < 4.78 is 5.94. The Morgan fingerprint density at radius 1 is 1.15 bits per heavy atom. The van der Waals surface area contributed by atoms with Crippen molar-refractivity contribution in [3.05, 3.63) is 52.3 Å². The molecule has 0 saturated carbocycles. The molecule has 1 aromatic heterocycles. The van der Waals surface area contributed by atoms with E-state index < -0.39 is 0 Å². The highest BCUT2D eigenvalue weighted by Crippen LogP contribution is 2.28. The van der Waals surface area contributed by atoms with Gasteiger partial charge in [0, 0.05) is 30.3 Å². The van der Waals surface area contributed by atoms with Gasteiger partial charge in [0.1, 0.15) is 17.1 Å². The SMILES string of the molecule is Nc1nc(Cl)cc(N2CCOC(C3=NC=C(c4ccc(Cl)cc4)C3)C2)n1. The highest BCUT2D eigenvalue weighted by atomic mass is 35.5. The molecule has 1 atom stereocenters. The van der Waals surface area contributed by atoms with Crippen LogP contribution in [-0.4, -0.2) is 41.5 Å². The number of allylic oxidation sites excluding steroid dienone is 1. The van der Waals surface area contributed by atoms with E-state index in [0.717, 1.165) is 28.3 Å². The van der Waals surface area contributed by atoms with Crippen molar-refractivity contribution in [2.75, 3.05) is 30.3 Å². The zero-order valence-electron chi connectivity index (χ0n) is 13.9. The summed E-state index contributed by atoms with van der Waals surface area (Å²) in [5, 5.41) is 1.06. The Balaban J connectivity index is 1.45. The molecular formula is C18H17Cl2N5O. The van der Waals surface area contributed by atoms with Gasteiger partial charge in [0.15, 0.2) is 0 Å². The molecule has 6 nitrogen and oxygen atoms in total. The Morgan fingerprint density at radius 2 is 1.96 bits per heavy atom. The number of halogens is 2. The van der Waals surface area contributed by atoms with E-state index in [4.69, 9.17) is 33.7 Å². The van der Waals surface area contributed by atoms with Gasteiger partial charge in [-0.3, -0.25) is 4.99 Å². The van der Waals surface area contributed by atoms with Crippen LogP contribution in [0.15, 0.2) is 41.5 Å². The fourth-order valence-electron chi connectivity index (χ4n) is 3.13. The van der Waals surface area contributed by atoms with E-state index >= 15 is 0 Å². The van der Waals surface area contributed by atoms with E-state index in [-0.39, 0.29) is 12.1 Å². The third-order valence-electron chi connectivity index (χ3n) is 4.43. The summed E-state index contributed by atoms with van der Waals surface area (Å²) >= 11 is 12.0. The molecule has 0 aliphatic carbocycles. The van der Waals surface area contributed by atoms with Gasteiger partial charge in [0.05, 0.1) is 18.9 Å². The number of aliphatic imine (C=N–C) groups is 1. The number of nitrogen functional groups attached to an aromatic ring is 1. The smallest absolute Gasteiger partial charge is 0.223 e. The van der Waals surface area contributed by atoms with Gasteiger partial charge in [-0.15, -0.1) is 0 Å². The lowest BCUT2D eigenvalue weighted by Crippen LogP contribution is -2.46. The molecule has 8 heteroatoms. The molecule has 2 aliphatic heterocycles. The van der Waals surface area contributed by atoms with E-state index in [1.165, 1.54) is 0 Å². The van der Waals surface area contributed by atoms with Gasteiger partial charge in [-0.05, 0) is 23.3 Å². The summed E-state index contributed by atoms with van der Waals surface area (Å²) in [5.74, 6) is 0.876. The minimum absolute atomic E-state index is 0.0974. The summed E-state index contributed by atoms with van der Waals surface area (Å²) in [6.45, 7) is 1.95. The van der Waals surface area contributed by atoms with E-state index in [2.05, 4.69) is 19.9 Å². The Morgan fingerprint density at radius 3 is 2.73 bits per heavy atom. The van der Waals surface area contributed by atoms with Crippen molar-refractivity contribution < 1.29 is 4.74 Å². The van der Waals surface area contributed by atoms with Crippen molar-refractivity contribution in [2.45, 2.75) is 12.5 Å². The van der Waals surface area contributed by atoms with Crippen LogP contribution in [-0.2, 0) is 4.74 Å². The average molecular weight is 390 g/mol. The number of benzene rings is 1. The van der Waals surface area contributed by atoms with Crippen LogP contribution in [0, 0.1) is 0 Å². The Kier molecular flexibility index (Phi) is 4.80. The van der Waals surface area contributed by atoms with Gasteiger partial charge in [-0.2, -0.15) is 4.98 Å². The zero-order chi connectivity index (χ0) is 18.1. The lowest BCUT2D eigenvalue weighted by Gasteiger charge is -2.34. The first-order valence-corrected chi connectivity index (χ1v) is 9.02. The van der Waals surface area contributed by atoms with Crippen LogP contribution < -0.4 is 10.6 Å². The largest absolute Gasteiger partial charge is 0.369 e. The summed E-state index contributed by atoms with van der Waals surface area (Å²) in [4.78, 5) is 14.9. The normalized spacial score (nSPS) is 20.1. The van der Waals surface area contributed by atoms with Gasteiger partial charge in [0.25, 0.3) is 0 Å². The molecule has 26 heavy (non-hydrogen) atoms. The first-order chi connectivity index (χ1) is 12.6. The number of hydrogen-bond donors (Lipinski definition) is 1. The lowest BCUT2D eigenvalue weighted by atomic mass is 10.0. The molecule has 0 radical (unpaired) electrons. The zero-order valence-corrected chi connectivity index (χ0v) is 15.4. The number of hydrogen-bond acceptors (Lipinski definition) is 6. The highest BCUT2D eigenvalue weighted by Gasteiger charge is 2.28. The molecule has 0 amide bonds. The number of nitrogens with zero attached hydrogens (tertiary/aromatic N) is 4. The molecule has 0 spiro atoms. The number of anilines is 2. The number of aromatic nitrogens is 2. The van der Waals surface area contributed by atoms with Crippen LogP contribution in [0.3, 0.4) is 0 Å². The molecule has 2 aromatic rings. The summed E-state index contributed by atoms with van der Waals surface area (Å²) in [6, 6.07) is 9.50. The van der Waals surface area contributed by atoms with Gasteiger partial charge in [-0.1, -0.05) is 35.3 Å². The molecule has 4 rings (SSSR count). The van der Waals surface area contributed by atoms with E-state index in [1.807, 2.05) is 30.5 Å². The van der Waals surface area contributed by atoms with Crippen molar-refractivity contribution in [2.24, 2.45) is 4.99 Å². The first kappa shape index (κ1) is 17.3. The molecule has 134 valence electrons. The topological polar surface area (TPSA) is 76.6 Å².